The van der Waals surface area contributed by atoms with E-state index in [-0.39, 0.29) is 52.5 Å². The summed E-state index contributed by atoms with van der Waals surface area (Å²) in [5.74, 6) is 0. The Morgan fingerprint density at radius 1 is 1.17 bits per heavy atom. The summed E-state index contributed by atoms with van der Waals surface area (Å²) in [5.41, 5.74) is 0.137. The molecule has 0 aliphatic rings. The van der Waals surface area contributed by atoms with Crippen LogP contribution in [0.2, 0.25) is 0 Å². The van der Waals surface area contributed by atoms with E-state index in [2.05, 4.69) is 0 Å². The summed E-state index contributed by atoms with van der Waals surface area (Å²) < 4.78 is 0. The van der Waals surface area contributed by atoms with Crippen molar-refractivity contribution in [2.24, 2.45) is 0 Å². The second-order valence-corrected chi connectivity index (χ2v) is 1.59. The average molecular weight is 252 g/mol. The first-order chi connectivity index (χ1) is 4.30. The number of benzene rings is 1. The van der Waals surface area contributed by atoms with E-state index in [1.54, 1.807) is 18.2 Å². The molecular formula is C6H8AlClCuNO2-. The van der Waals surface area contributed by atoms with Crippen molar-refractivity contribution < 1.29 is 34.4 Å². The Labute approximate surface area is 97.7 Å². The number of nitro groups is 1. The van der Waals surface area contributed by atoms with Crippen LogP contribution in [-0.2, 0) is 17.1 Å². The first-order valence-electron chi connectivity index (χ1n) is 2.50. The van der Waals surface area contributed by atoms with Gasteiger partial charge in [-0.1, -0.05) is 18.2 Å². The average Bonchev–Trinajstić information content (AvgIpc) is 1.90. The minimum atomic E-state index is -0.417. The number of non-ortho nitro benzene ring substituents is 1. The van der Waals surface area contributed by atoms with Crippen molar-refractivity contribution in [3.05, 3.63) is 40.4 Å². The van der Waals surface area contributed by atoms with Crippen molar-refractivity contribution in [3.8, 4) is 0 Å². The fraction of sp³-hybridized carbons (Fsp3) is 0. The maximum absolute atomic E-state index is 10.0. The molecule has 1 radical (unpaired) electrons. The van der Waals surface area contributed by atoms with Crippen LogP contribution in [0.15, 0.2) is 30.3 Å². The van der Waals surface area contributed by atoms with Crippen LogP contribution < -0.4 is 12.4 Å². The van der Waals surface area contributed by atoms with E-state index < -0.39 is 4.92 Å². The Bertz CT molecular complexity index is 222. The Hall–Kier alpha value is -0.0381. The van der Waals surface area contributed by atoms with Gasteiger partial charge < -0.3 is 12.4 Å². The van der Waals surface area contributed by atoms with E-state index in [1.807, 2.05) is 0 Å². The van der Waals surface area contributed by atoms with Gasteiger partial charge in [-0.3, -0.25) is 10.1 Å². The molecule has 0 saturated heterocycles. The van der Waals surface area contributed by atoms with Gasteiger partial charge in [-0.15, -0.1) is 0 Å². The molecule has 0 amide bonds. The minimum absolute atomic E-state index is 0. The van der Waals surface area contributed by atoms with Gasteiger partial charge in [0, 0.05) is 29.2 Å². The molecule has 0 aliphatic heterocycles. The molecular weight excluding hydrogens is 244 g/mol. The van der Waals surface area contributed by atoms with E-state index in [1.165, 1.54) is 12.1 Å². The summed E-state index contributed by atoms with van der Waals surface area (Å²) in [6.45, 7) is 0. The van der Waals surface area contributed by atoms with Gasteiger partial charge in [0.15, 0.2) is 17.4 Å². The van der Waals surface area contributed by atoms with E-state index >= 15 is 0 Å². The number of rotatable bonds is 1. The molecule has 0 unspecified atom stereocenters. The predicted molar refractivity (Wildman–Crippen MR) is 43.0 cm³/mol. The molecule has 12 heavy (non-hydrogen) atoms. The van der Waals surface area contributed by atoms with E-state index in [9.17, 15) is 10.1 Å². The fourth-order valence-corrected chi connectivity index (χ4v) is 0.550. The molecule has 0 fully saturated rings. The molecule has 0 bridgehead atoms. The van der Waals surface area contributed by atoms with E-state index in [0.717, 1.165) is 0 Å². The van der Waals surface area contributed by atoms with Crippen LogP contribution in [0.4, 0.5) is 5.69 Å². The molecule has 0 saturated carbocycles. The summed E-state index contributed by atoms with van der Waals surface area (Å²) in [4.78, 5) is 9.59. The van der Waals surface area contributed by atoms with E-state index in [0.29, 0.717) is 0 Å². The largest absolute Gasteiger partial charge is 1.00 e. The molecule has 0 aromatic heterocycles. The second kappa shape index (κ2) is 9.05. The zero-order valence-electron chi connectivity index (χ0n) is 5.33. The molecule has 0 N–H and O–H groups in total. The van der Waals surface area contributed by atoms with Gasteiger partial charge in [-0.05, 0) is 0 Å². The van der Waals surface area contributed by atoms with Crippen molar-refractivity contribution in [1.29, 1.82) is 0 Å². The maximum atomic E-state index is 10.0. The van der Waals surface area contributed by atoms with Crippen LogP contribution in [0.5, 0.6) is 0 Å². The molecule has 1 rings (SSSR count). The number of nitrogens with zero attached hydrogens (tertiary/aromatic N) is 1. The van der Waals surface area contributed by atoms with Crippen LogP contribution in [0.1, 0.15) is 0 Å². The Kier molecular flexibility index (Phi) is 13.5. The van der Waals surface area contributed by atoms with Crippen molar-refractivity contribution >= 4 is 23.0 Å². The van der Waals surface area contributed by atoms with Gasteiger partial charge in [0.05, 0.1) is 4.92 Å². The zero-order valence-corrected chi connectivity index (χ0v) is 7.03. The molecule has 6 heteroatoms. The van der Waals surface area contributed by atoms with Crippen LogP contribution in [0.25, 0.3) is 0 Å². The van der Waals surface area contributed by atoms with Gasteiger partial charge in [0.1, 0.15) is 0 Å². The van der Waals surface area contributed by atoms with Gasteiger partial charge in [-0.2, -0.15) is 0 Å². The summed E-state index contributed by atoms with van der Waals surface area (Å²) in [7, 11) is 0. The molecule has 0 aliphatic carbocycles. The SMILES string of the molecule is O=[N+]([O-])c1ccccc1.[AlH3].[Cl-].[Cu]. The predicted octanol–water partition coefficient (Wildman–Crippen LogP) is -2.59. The van der Waals surface area contributed by atoms with Crippen molar-refractivity contribution in [1.82, 2.24) is 0 Å². The third-order valence-electron chi connectivity index (χ3n) is 0.967. The molecule has 1 aromatic carbocycles. The Morgan fingerprint density at radius 2 is 1.58 bits per heavy atom. The summed E-state index contributed by atoms with van der Waals surface area (Å²) in [5, 5.41) is 10.0. The number of hydrogen-bond acceptors (Lipinski definition) is 2. The molecule has 0 spiro atoms. The fourth-order valence-electron chi connectivity index (χ4n) is 0.550. The maximum Gasteiger partial charge on any atom is 0.269 e. The molecule has 0 atom stereocenters. The Balaban J connectivity index is -0.000000270. The van der Waals surface area contributed by atoms with Crippen molar-refractivity contribution in [3.63, 3.8) is 0 Å². The Morgan fingerprint density at radius 3 is 1.83 bits per heavy atom. The number of halogens is 1. The summed E-state index contributed by atoms with van der Waals surface area (Å²) in [6, 6.07) is 7.93. The van der Waals surface area contributed by atoms with Gasteiger partial charge in [-0.25, -0.2) is 0 Å². The van der Waals surface area contributed by atoms with Crippen LogP contribution >= 0.6 is 0 Å². The standard InChI is InChI=1S/C6H5NO2.Al.ClH.Cu.3H/c8-7(9)6-4-2-1-3-5-6;;;;;;/h1-5H;;1H;;;;/p-1. The molecule has 1 aromatic rings. The van der Waals surface area contributed by atoms with Crippen molar-refractivity contribution in [2.75, 3.05) is 0 Å². The molecule has 3 nitrogen and oxygen atoms in total. The number of para-hydroxylation sites is 1. The first kappa shape index (κ1) is 17.9. The van der Waals surface area contributed by atoms with Gasteiger partial charge >= 0.3 is 0 Å². The smallest absolute Gasteiger partial charge is 0.269 e. The normalized spacial score (nSPS) is 6.67. The minimum Gasteiger partial charge on any atom is -1.00 e. The second-order valence-electron chi connectivity index (χ2n) is 1.59. The van der Waals surface area contributed by atoms with E-state index in [4.69, 9.17) is 0 Å². The summed E-state index contributed by atoms with van der Waals surface area (Å²) >= 11 is 0. The third-order valence-corrected chi connectivity index (χ3v) is 0.967. The van der Waals surface area contributed by atoms with Gasteiger partial charge in [0.2, 0.25) is 0 Å². The quantitative estimate of drug-likeness (QED) is 0.313. The van der Waals surface area contributed by atoms with Gasteiger partial charge in [0.25, 0.3) is 5.69 Å². The van der Waals surface area contributed by atoms with Crippen LogP contribution in [-0.4, -0.2) is 22.3 Å². The summed E-state index contributed by atoms with van der Waals surface area (Å²) in [6.07, 6.45) is 0. The molecule has 71 valence electrons. The first-order valence-corrected chi connectivity index (χ1v) is 2.50. The van der Waals surface area contributed by atoms with Crippen LogP contribution in [0, 0.1) is 10.1 Å². The number of nitro benzene ring substituents is 1. The monoisotopic (exact) mass is 251 g/mol. The van der Waals surface area contributed by atoms with Crippen LogP contribution in [0.3, 0.4) is 0 Å². The zero-order chi connectivity index (χ0) is 6.69. The topological polar surface area (TPSA) is 43.1 Å². The molecule has 0 heterocycles. The third kappa shape index (κ3) is 5.59. The van der Waals surface area contributed by atoms with Crippen molar-refractivity contribution in [2.45, 2.75) is 0 Å². The number of hydrogen-bond donors (Lipinski definition) is 0.